The molecule has 0 saturated heterocycles. The van der Waals surface area contributed by atoms with Crippen molar-refractivity contribution < 1.29 is 9.90 Å². The molecule has 0 aliphatic rings. The lowest BCUT2D eigenvalue weighted by Gasteiger charge is -2.05. The van der Waals surface area contributed by atoms with Crippen LogP contribution >= 0.6 is 11.3 Å². The first-order valence-electron chi connectivity index (χ1n) is 4.88. The number of hydrogen-bond donors (Lipinski definition) is 1. The maximum Gasteiger partial charge on any atom is 0.307 e. The van der Waals surface area contributed by atoms with Gasteiger partial charge in [0.1, 0.15) is 0 Å². The van der Waals surface area contributed by atoms with Gasteiger partial charge in [-0.1, -0.05) is 24.3 Å². The van der Waals surface area contributed by atoms with Crippen molar-refractivity contribution in [3.05, 3.63) is 40.2 Å². The van der Waals surface area contributed by atoms with E-state index in [1.807, 2.05) is 31.2 Å². The van der Waals surface area contributed by atoms with Gasteiger partial charge in [-0.05, 0) is 12.5 Å². The van der Waals surface area contributed by atoms with Crippen LogP contribution in [0.15, 0.2) is 29.8 Å². The van der Waals surface area contributed by atoms with Gasteiger partial charge in [-0.25, -0.2) is 4.98 Å². The Morgan fingerprint density at radius 3 is 2.81 bits per heavy atom. The number of hydrogen-bond acceptors (Lipinski definition) is 3. The predicted octanol–water partition coefficient (Wildman–Crippen LogP) is 2.75. The number of nitrogens with zero attached hydrogens (tertiary/aromatic N) is 1. The van der Waals surface area contributed by atoms with Crippen LogP contribution < -0.4 is 0 Å². The molecule has 0 aliphatic carbocycles. The van der Waals surface area contributed by atoms with E-state index in [-0.39, 0.29) is 6.42 Å². The maximum atomic E-state index is 10.8. The Morgan fingerprint density at radius 1 is 1.44 bits per heavy atom. The largest absolute Gasteiger partial charge is 0.481 e. The standard InChI is InChI=1S/C12H11NO2S/c1-8-12(13-7-16-8)10-5-3-2-4-9(10)6-11(14)15/h2-5,7H,6H2,1H3,(H,14,15). The highest BCUT2D eigenvalue weighted by Crippen LogP contribution is 2.27. The number of benzene rings is 1. The van der Waals surface area contributed by atoms with E-state index in [0.29, 0.717) is 0 Å². The maximum absolute atomic E-state index is 10.8. The number of aliphatic carboxylic acids is 1. The number of rotatable bonds is 3. The first-order chi connectivity index (χ1) is 7.68. The molecule has 4 heteroatoms. The highest BCUT2D eigenvalue weighted by atomic mass is 32.1. The minimum Gasteiger partial charge on any atom is -0.481 e. The summed E-state index contributed by atoms with van der Waals surface area (Å²) in [4.78, 5) is 16.1. The van der Waals surface area contributed by atoms with Crippen LogP contribution in [0.3, 0.4) is 0 Å². The van der Waals surface area contributed by atoms with Crippen LogP contribution in [0.4, 0.5) is 0 Å². The first kappa shape index (κ1) is 10.8. The molecule has 3 nitrogen and oxygen atoms in total. The van der Waals surface area contributed by atoms with Crippen LogP contribution in [-0.2, 0) is 11.2 Å². The monoisotopic (exact) mass is 233 g/mol. The van der Waals surface area contributed by atoms with E-state index in [0.717, 1.165) is 21.7 Å². The first-order valence-corrected chi connectivity index (χ1v) is 5.76. The predicted molar refractivity (Wildman–Crippen MR) is 63.6 cm³/mol. The summed E-state index contributed by atoms with van der Waals surface area (Å²) in [5, 5.41) is 8.84. The molecule has 82 valence electrons. The van der Waals surface area contributed by atoms with Gasteiger partial charge in [0, 0.05) is 10.4 Å². The van der Waals surface area contributed by atoms with Gasteiger partial charge in [0.15, 0.2) is 0 Å². The van der Waals surface area contributed by atoms with Gasteiger partial charge in [0.2, 0.25) is 0 Å². The van der Waals surface area contributed by atoms with E-state index in [4.69, 9.17) is 5.11 Å². The second kappa shape index (κ2) is 4.45. The molecule has 0 saturated carbocycles. The highest BCUT2D eigenvalue weighted by molar-refractivity contribution is 7.10. The van der Waals surface area contributed by atoms with Gasteiger partial charge in [0.05, 0.1) is 17.6 Å². The summed E-state index contributed by atoms with van der Waals surface area (Å²) in [5.41, 5.74) is 4.40. The molecule has 0 bridgehead atoms. The second-order valence-corrected chi connectivity index (χ2v) is 4.54. The van der Waals surface area contributed by atoms with Crippen molar-refractivity contribution >= 4 is 17.3 Å². The molecule has 1 N–H and O–H groups in total. The zero-order valence-corrected chi connectivity index (χ0v) is 9.62. The smallest absolute Gasteiger partial charge is 0.307 e. The van der Waals surface area contributed by atoms with Crippen molar-refractivity contribution in [1.29, 1.82) is 0 Å². The van der Waals surface area contributed by atoms with Crippen molar-refractivity contribution in [1.82, 2.24) is 4.98 Å². The normalized spacial score (nSPS) is 10.3. The number of carboxylic acid groups (broad SMARTS) is 1. The third kappa shape index (κ3) is 2.12. The zero-order chi connectivity index (χ0) is 11.5. The molecule has 0 atom stereocenters. The summed E-state index contributed by atoms with van der Waals surface area (Å²) < 4.78 is 0. The van der Waals surface area contributed by atoms with Gasteiger partial charge in [-0.15, -0.1) is 11.3 Å². The molecule has 16 heavy (non-hydrogen) atoms. The Hall–Kier alpha value is -1.68. The van der Waals surface area contributed by atoms with Crippen molar-refractivity contribution in [3.8, 4) is 11.3 Å². The van der Waals surface area contributed by atoms with Gasteiger partial charge in [-0.2, -0.15) is 0 Å². The Morgan fingerprint density at radius 2 is 2.19 bits per heavy atom. The van der Waals surface area contributed by atoms with Crippen molar-refractivity contribution in [2.45, 2.75) is 13.3 Å². The molecule has 0 radical (unpaired) electrons. The van der Waals surface area contributed by atoms with Gasteiger partial charge < -0.3 is 5.11 Å². The second-order valence-electron chi connectivity index (χ2n) is 3.48. The fraction of sp³-hybridized carbons (Fsp3) is 0.167. The summed E-state index contributed by atoms with van der Waals surface area (Å²) in [6.07, 6.45) is 0.0349. The lowest BCUT2D eigenvalue weighted by atomic mass is 10.0. The van der Waals surface area contributed by atoms with Gasteiger partial charge in [-0.3, -0.25) is 4.79 Å². The average Bonchev–Trinajstić information content (AvgIpc) is 2.64. The third-order valence-corrected chi connectivity index (χ3v) is 3.12. The molecule has 2 aromatic rings. The molecule has 1 aromatic heterocycles. The Balaban J connectivity index is 2.48. The van der Waals surface area contributed by atoms with Crippen molar-refractivity contribution in [3.63, 3.8) is 0 Å². The Bertz CT molecular complexity index is 519. The lowest BCUT2D eigenvalue weighted by molar-refractivity contribution is -0.136. The summed E-state index contributed by atoms with van der Waals surface area (Å²) >= 11 is 1.57. The molecule has 0 fully saturated rings. The van der Waals surface area contributed by atoms with E-state index < -0.39 is 5.97 Å². The van der Waals surface area contributed by atoms with Crippen LogP contribution in [0.25, 0.3) is 11.3 Å². The quantitative estimate of drug-likeness (QED) is 0.886. The Kier molecular flexibility index (Phi) is 3.01. The van der Waals surface area contributed by atoms with E-state index >= 15 is 0 Å². The topological polar surface area (TPSA) is 50.2 Å². The zero-order valence-electron chi connectivity index (χ0n) is 8.80. The van der Waals surface area contributed by atoms with Gasteiger partial charge in [0.25, 0.3) is 0 Å². The molecule has 0 amide bonds. The summed E-state index contributed by atoms with van der Waals surface area (Å²) in [7, 11) is 0. The van der Waals surface area contributed by atoms with Crippen LogP contribution in [0.2, 0.25) is 0 Å². The number of aromatic nitrogens is 1. The molecule has 0 spiro atoms. The van der Waals surface area contributed by atoms with Crippen LogP contribution in [0.5, 0.6) is 0 Å². The minimum atomic E-state index is -0.819. The number of thiazole rings is 1. The van der Waals surface area contributed by atoms with E-state index in [1.165, 1.54) is 0 Å². The number of carboxylic acids is 1. The summed E-state index contributed by atoms with van der Waals surface area (Å²) in [6, 6.07) is 7.51. The van der Waals surface area contributed by atoms with Crippen LogP contribution in [0, 0.1) is 6.92 Å². The number of carbonyl (C=O) groups is 1. The molecule has 2 rings (SSSR count). The van der Waals surface area contributed by atoms with E-state index in [9.17, 15) is 4.79 Å². The molecule has 1 aromatic carbocycles. The average molecular weight is 233 g/mol. The van der Waals surface area contributed by atoms with Crippen LogP contribution in [-0.4, -0.2) is 16.1 Å². The fourth-order valence-electron chi connectivity index (χ4n) is 1.63. The number of aryl methyl sites for hydroxylation is 1. The Labute approximate surface area is 97.4 Å². The van der Waals surface area contributed by atoms with E-state index in [2.05, 4.69) is 4.98 Å². The highest BCUT2D eigenvalue weighted by Gasteiger charge is 2.11. The molecule has 1 heterocycles. The molecule has 0 aliphatic heterocycles. The molecular formula is C12H11NO2S. The molecular weight excluding hydrogens is 222 g/mol. The summed E-state index contributed by atoms with van der Waals surface area (Å²) in [6.45, 7) is 1.99. The third-order valence-electron chi connectivity index (χ3n) is 2.36. The minimum absolute atomic E-state index is 0.0349. The SMILES string of the molecule is Cc1scnc1-c1ccccc1CC(=O)O. The summed E-state index contributed by atoms with van der Waals surface area (Å²) in [5.74, 6) is -0.819. The van der Waals surface area contributed by atoms with Gasteiger partial charge >= 0.3 is 5.97 Å². The van der Waals surface area contributed by atoms with Crippen LogP contribution in [0.1, 0.15) is 10.4 Å². The lowest BCUT2D eigenvalue weighted by Crippen LogP contribution is -2.01. The molecule has 0 unspecified atom stereocenters. The van der Waals surface area contributed by atoms with Crippen molar-refractivity contribution in [2.75, 3.05) is 0 Å². The van der Waals surface area contributed by atoms with E-state index in [1.54, 1.807) is 16.8 Å². The van der Waals surface area contributed by atoms with Crippen molar-refractivity contribution in [2.24, 2.45) is 0 Å². The fourth-order valence-corrected chi connectivity index (χ4v) is 2.22.